The van der Waals surface area contributed by atoms with Crippen LogP contribution in [0.1, 0.15) is 88.4 Å². The van der Waals surface area contributed by atoms with Crippen molar-refractivity contribution in [1.82, 2.24) is 0 Å². The lowest BCUT2D eigenvalue weighted by Gasteiger charge is -2.33. The van der Waals surface area contributed by atoms with E-state index in [4.69, 9.17) is 10.5 Å². The van der Waals surface area contributed by atoms with Gasteiger partial charge in [-0.1, -0.05) is 41.5 Å². The van der Waals surface area contributed by atoms with Gasteiger partial charge in [-0.25, -0.2) is 0 Å². The van der Waals surface area contributed by atoms with Crippen LogP contribution in [-0.2, 0) is 10.8 Å². The van der Waals surface area contributed by atoms with E-state index in [1.807, 2.05) is 13.0 Å². The molecule has 3 N–H and O–H groups in total. The summed E-state index contributed by atoms with van der Waals surface area (Å²) in [5.41, 5.74) is 8.88. The Labute approximate surface area is 187 Å². The number of rotatable bonds is 9. The second-order valence-corrected chi connectivity index (χ2v) is 9.29. The number of ether oxygens (including phenoxy) is 1. The minimum absolute atomic E-state index is 0.108. The van der Waals surface area contributed by atoms with Crippen LogP contribution in [0.25, 0.3) is 6.08 Å². The molecule has 0 aliphatic heterocycles. The number of hydrogen-bond acceptors (Lipinski definition) is 4. The maximum absolute atomic E-state index is 12.7. The monoisotopic (exact) mass is 423 g/mol. The highest BCUT2D eigenvalue weighted by molar-refractivity contribution is 6.07. The maximum Gasteiger partial charge on any atom is 0.185 e. The van der Waals surface area contributed by atoms with Crippen LogP contribution in [0, 0.1) is 0 Å². The summed E-state index contributed by atoms with van der Waals surface area (Å²) >= 11 is 0. The number of carbonyl (C=O) groups is 1. The highest BCUT2D eigenvalue weighted by atomic mass is 16.5. The van der Waals surface area contributed by atoms with Gasteiger partial charge in [0.05, 0.1) is 6.61 Å². The van der Waals surface area contributed by atoms with Crippen molar-refractivity contribution in [3.05, 3.63) is 58.7 Å². The van der Waals surface area contributed by atoms with Gasteiger partial charge in [-0.15, -0.1) is 0 Å². The number of hydrogen-bond donors (Lipinski definition) is 2. The fraction of sp³-hybridized carbons (Fsp3) is 0.444. The van der Waals surface area contributed by atoms with Crippen LogP contribution >= 0.6 is 0 Å². The van der Waals surface area contributed by atoms with E-state index in [0.29, 0.717) is 29.4 Å². The molecular formula is C27H37NO3. The van der Waals surface area contributed by atoms with E-state index < -0.39 is 0 Å². The van der Waals surface area contributed by atoms with Gasteiger partial charge in [-0.3, -0.25) is 4.79 Å². The first-order valence-electron chi connectivity index (χ1n) is 11.1. The lowest BCUT2D eigenvalue weighted by Crippen LogP contribution is -2.22. The van der Waals surface area contributed by atoms with Crippen LogP contribution in [-0.4, -0.2) is 17.5 Å². The molecule has 0 radical (unpaired) electrons. The molecule has 0 aromatic heterocycles. The van der Waals surface area contributed by atoms with Crippen molar-refractivity contribution in [1.29, 1.82) is 0 Å². The van der Waals surface area contributed by atoms with Crippen LogP contribution < -0.4 is 10.5 Å². The SMILES string of the molecule is CCOc1c(/C=C/C(=O)c2ccc(N)cc2)cc(C(C)(C)CC)c(O)c1C(C)(C)CC. The zero-order valence-electron chi connectivity index (χ0n) is 20.0. The molecule has 2 rings (SSSR count). The van der Waals surface area contributed by atoms with E-state index in [0.717, 1.165) is 29.5 Å². The molecule has 168 valence electrons. The first-order valence-corrected chi connectivity index (χ1v) is 11.1. The first-order chi connectivity index (χ1) is 14.5. The fourth-order valence-electron chi connectivity index (χ4n) is 3.52. The number of allylic oxidation sites excluding steroid dienone is 1. The van der Waals surface area contributed by atoms with Crippen LogP contribution in [0.3, 0.4) is 0 Å². The quantitative estimate of drug-likeness (QED) is 0.269. The van der Waals surface area contributed by atoms with Crippen LogP contribution in [0.15, 0.2) is 36.4 Å². The van der Waals surface area contributed by atoms with Gasteiger partial charge in [0.1, 0.15) is 11.5 Å². The van der Waals surface area contributed by atoms with Crippen molar-refractivity contribution in [2.45, 2.75) is 72.1 Å². The van der Waals surface area contributed by atoms with E-state index in [2.05, 4.69) is 41.5 Å². The standard InChI is InChI=1S/C27H37NO3/c1-8-26(4,5)21-17-19(13-16-22(29)18-11-14-20(28)15-12-18)25(31-10-3)23(24(21)30)27(6,7)9-2/h11-17,30H,8-10,28H2,1-7H3/b16-13+. The lowest BCUT2D eigenvalue weighted by atomic mass is 9.74. The van der Waals surface area contributed by atoms with Crippen LogP contribution in [0.4, 0.5) is 5.69 Å². The van der Waals surface area contributed by atoms with Crippen molar-refractivity contribution < 1.29 is 14.6 Å². The molecule has 0 unspecified atom stereocenters. The molecule has 4 heteroatoms. The Morgan fingerprint density at radius 1 is 1.03 bits per heavy atom. The van der Waals surface area contributed by atoms with Gasteiger partial charge in [-0.05, 0) is 73.1 Å². The predicted octanol–water partition coefficient (Wildman–Crippen LogP) is 6.64. The summed E-state index contributed by atoms with van der Waals surface area (Å²) in [6.07, 6.45) is 5.07. The smallest absolute Gasteiger partial charge is 0.185 e. The average molecular weight is 424 g/mol. The third kappa shape index (κ3) is 5.30. The molecule has 0 bridgehead atoms. The summed E-state index contributed by atoms with van der Waals surface area (Å²) in [6, 6.07) is 8.85. The minimum atomic E-state index is -0.294. The number of benzene rings is 2. The Bertz CT molecular complexity index is 953. The van der Waals surface area contributed by atoms with Crippen molar-refractivity contribution in [3.8, 4) is 11.5 Å². The summed E-state index contributed by atoms with van der Waals surface area (Å²) in [5.74, 6) is 0.830. The van der Waals surface area contributed by atoms with E-state index in [1.54, 1.807) is 36.4 Å². The Hall–Kier alpha value is -2.75. The largest absolute Gasteiger partial charge is 0.507 e. The average Bonchev–Trinajstić information content (AvgIpc) is 2.73. The fourth-order valence-corrected chi connectivity index (χ4v) is 3.52. The van der Waals surface area contributed by atoms with E-state index in [-0.39, 0.29) is 16.6 Å². The molecule has 0 saturated carbocycles. The van der Waals surface area contributed by atoms with Gasteiger partial charge in [0.15, 0.2) is 5.78 Å². The lowest BCUT2D eigenvalue weighted by molar-refractivity contribution is 0.104. The topological polar surface area (TPSA) is 72.5 Å². The second kappa shape index (κ2) is 9.59. The highest BCUT2D eigenvalue weighted by Crippen LogP contribution is 2.48. The number of ketones is 1. The second-order valence-electron chi connectivity index (χ2n) is 9.29. The number of carbonyl (C=O) groups excluding carboxylic acids is 1. The molecule has 0 heterocycles. The molecule has 0 atom stereocenters. The Morgan fingerprint density at radius 3 is 2.13 bits per heavy atom. The molecule has 31 heavy (non-hydrogen) atoms. The van der Waals surface area contributed by atoms with E-state index in [9.17, 15) is 9.90 Å². The molecule has 0 saturated heterocycles. The van der Waals surface area contributed by atoms with Gasteiger partial charge in [-0.2, -0.15) is 0 Å². The summed E-state index contributed by atoms with van der Waals surface area (Å²) in [5, 5.41) is 11.4. The highest BCUT2D eigenvalue weighted by Gasteiger charge is 2.33. The molecule has 4 nitrogen and oxygen atoms in total. The van der Waals surface area contributed by atoms with Gasteiger partial charge < -0.3 is 15.6 Å². The van der Waals surface area contributed by atoms with Gasteiger partial charge in [0.2, 0.25) is 0 Å². The molecule has 0 fully saturated rings. The Kier molecular flexibility index (Phi) is 7.58. The zero-order valence-corrected chi connectivity index (χ0v) is 20.0. The minimum Gasteiger partial charge on any atom is -0.507 e. The van der Waals surface area contributed by atoms with Gasteiger partial charge in [0, 0.05) is 27.9 Å². The van der Waals surface area contributed by atoms with Crippen LogP contribution in [0.2, 0.25) is 0 Å². The summed E-state index contributed by atoms with van der Waals surface area (Å²) < 4.78 is 6.05. The maximum atomic E-state index is 12.7. The summed E-state index contributed by atoms with van der Waals surface area (Å²) in [7, 11) is 0. The van der Waals surface area contributed by atoms with E-state index in [1.165, 1.54) is 0 Å². The molecule has 0 amide bonds. The Morgan fingerprint density at radius 2 is 1.61 bits per heavy atom. The molecule has 0 spiro atoms. The number of aromatic hydroxyl groups is 1. The van der Waals surface area contributed by atoms with Crippen LogP contribution in [0.5, 0.6) is 11.5 Å². The van der Waals surface area contributed by atoms with Gasteiger partial charge in [0.25, 0.3) is 0 Å². The molecule has 0 aliphatic carbocycles. The number of anilines is 1. The van der Waals surface area contributed by atoms with Crippen molar-refractivity contribution in [2.75, 3.05) is 12.3 Å². The number of phenols is 1. The number of phenolic OH excluding ortho intramolecular Hbond substituents is 1. The molecule has 2 aromatic carbocycles. The number of nitrogens with two attached hydrogens (primary N) is 1. The Balaban J connectivity index is 2.71. The van der Waals surface area contributed by atoms with Crippen molar-refractivity contribution in [2.24, 2.45) is 0 Å². The molecule has 2 aromatic rings. The predicted molar refractivity (Wildman–Crippen MR) is 130 cm³/mol. The zero-order chi connectivity index (χ0) is 23.4. The number of nitrogen functional groups attached to an aromatic ring is 1. The summed E-state index contributed by atoms with van der Waals surface area (Å²) in [6.45, 7) is 15.1. The summed E-state index contributed by atoms with van der Waals surface area (Å²) in [4.78, 5) is 12.7. The van der Waals surface area contributed by atoms with Crippen molar-refractivity contribution >= 4 is 17.5 Å². The third-order valence-electron chi connectivity index (χ3n) is 6.35. The first kappa shape index (κ1) is 24.5. The third-order valence-corrected chi connectivity index (χ3v) is 6.35. The van der Waals surface area contributed by atoms with Gasteiger partial charge >= 0.3 is 0 Å². The van der Waals surface area contributed by atoms with Crippen molar-refractivity contribution in [3.63, 3.8) is 0 Å². The normalized spacial score (nSPS) is 12.4. The molecule has 0 aliphatic rings. The molecular weight excluding hydrogens is 386 g/mol. The van der Waals surface area contributed by atoms with E-state index >= 15 is 0 Å².